The fourth-order valence-corrected chi connectivity index (χ4v) is 2.25. The zero-order valence-electron chi connectivity index (χ0n) is 8.32. The summed E-state index contributed by atoms with van der Waals surface area (Å²) in [6, 6.07) is 0. The molecule has 3 N–H and O–H groups in total. The fourth-order valence-electron chi connectivity index (χ4n) is 1.57. The number of hydrogen-bond acceptors (Lipinski definition) is 4. The number of rotatable bonds is 6. The van der Waals surface area contributed by atoms with Crippen LogP contribution in [-0.2, 0) is 4.79 Å². The third kappa shape index (κ3) is 3.48. The molecule has 1 amide bonds. The predicted molar refractivity (Wildman–Crippen MR) is 58.2 cm³/mol. The topological polar surface area (TPSA) is 66.6 Å². The van der Waals surface area contributed by atoms with E-state index in [1.807, 2.05) is 4.90 Å². The normalized spacial score (nSPS) is 22.0. The van der Waals surface area contributed by atoms with Crippen molar-refractivity contribution in [2.75, 3.05) is 37.7 Å². The maximum absolute atomic E-state index is 11.4. The summed E-state index contributed by atoms with van der Waals surface area (Å²) in [6.07, 6.45) is 0.612. The van der Waals surface area contributed by atoms with Gasteiger partial charge in [-0.1, -0.05) is 0 Å². The number of carbonyl (C=O) groups is 1. The smallest absolute Gasteiger partial charge is 0.223 e. The number of hydrogen-bond donors (Lipinski definition) is 2. The molecule has 4 nitrogen and oxygen atoms in total. The van der Waals surface area contributed by atoms with Crippen LogP contribution in [0.2, 0.25) is 0 Å². The molecular formula is C9H18N2O2S. The average molecular weight is 218 g/mol. The van der Waals surface area contributed by atoms with E-state index in [1.54, 1.807) is 11.8 Å². The van der Waals surface area contributed by atoms with Crippen LogP contribution in [0.5, 0.6) is 0 Å². The summed E-state index contributed by atoms with van der Waals surface area (Å²) in [5, 5.41) is 8.57. The SMILES string of the molecule is NCC1CC(=O)N(CCSCCO)C1. The molecule has 14 heavy (non-hydrogen) atoms. The summed E-state index contributed by atoms with van der Waals surface area (Å²) < 4.78 is 0. The van der Waals surface area contributed by atoms with Gasteiger partial charge in [0.1, 0.15) is 0 Å². The predicted octanol–water partition coefficient (Wildman–Crippen LogP) is -0.481. The van der Waals surface area contributed by atoms with Gasteiger partial charge in [0.15, 0.2) is 0 Å². The van der Waals surface area contributed by atoms with Gasteiger partial charge in [0.2, 0.25) is 5.91 Å². The van der Waals surface area contributed by atoms with Crippen molar-refractivity contribution in [1.82, 2.24) is 4.90 Å². The Kier molecular flexibility index (Phi) is 5.29. The van der Waals surface area contributed by atoms with Crippen LogP contribution in [0.25, 0.3) is 0 Å². The van der Waals surface area contributed by atoms with E-state index in [9.17, 15) is 4.79 Å². The molecular weight excluding hydrogens is 200 g/mol. The molecule has 1 unspecified atom stereocenters. The van der Waals surface area contributed by atoms with Gasteiger partial charge < -0.3 is 15.7 Å². The molecule has 0 aromatic heterocycles. The molecule has 0 aliphatic carbocycles. The summed E-state index contributed by atoms with van der Waals surface area (Å²) in [5.74, 6) is 2.24. The highest BCUT2D eigenvalue weighted by atomic mass is 32.2. The Morgan fingerprint density at radius 1 is 1.57 bits per heavy atom. The number of likely N-dealkylation sites (tertiary alicyclic amines) is 1. The van der Waals surface area contributed by atoms with E-state index < -0.39 is 0 Å². The first kappa shape index (κ1) is 11.8. The Hall–Kier alpha value is -0.260. The van der Waals surface area contributed by atoms with E-state index in [0.717, 1.165) is 24.6 Å². The minimum atomic E-state index is 0.212. The molecule has 0 spiro atoms. The average Bonchev–Trinajstić information content (AvgIpc) is 2.54. The third-order valence-corrected chi connectivity index (χ3v) is 3.31. The van der Waals surface area contributed by atoms with E-state index >= 15 is 0 Å². The van der Waals surface area contributed by atoms with Crippen molar-refractivity contribution in [2.24, 2.45) is 11.7 Å². The van der Waals surface area contributed by atoms with Gasteiger partial charge in [-0.25, -0.2) is 0 Å². The van der Waals surface area contributed by atoms with Gasteiger partial charge in [0, 0.05) is 31.0 Å². The van der Waals surface area contributed by atoms with Crippen LogP contribution in [-0.4, -0.2) is 53.7 Å². The van der Waals surface area contributed by atoms with Crippen molar-refractivity contribution < 1.29 is 9.90 Å². The van der Waals surface area contributed by atoms with E-state index in [1.165, 1.54) is 0 Å². The Morgan fingerprint density at radius 2 is 2.36 bits per heavy atom. The lowest BCUT2D eigenvalue weighted by atomic mass is 10.1. The molecule has 0 saturated carbocycles. The summed E-state index contributed by atoms with van der Waals surface area (Å²) in [4.78, 5) is 13.3. The van der Waals surface area contributed by atoms with Crippen molar-refractivity contribution >= 4 is 17.7 Å². The molecule has 1 aliphatic rings. The van der Waals surface area contributed by atoms with E-state index in [-0.39, 0.29) is 12.5 Å². The number of aliphatic hydroxyl groups is 1. The highest BCUT2D eigenvalue weighted by molar-refractivity contribution is 7.99. The van der Waals surface area contributed by atoms with Gasteiger partial charge in [0.25, 0.3) is 0 Å². The van der Waals surface area contributed by atoms with Gasteiger partial charge in [-0.05, 0) is 12.5 Å². The standard InChI is InChI=1S/C9H18N2O2S/c10-6-8-5-9(13)11(7-8)1-3-14-4-2-12/h8,12H,1-7,10H2. The minimum absolute atomic E-state index is 0.212. The highest BCUT2D eigenvalue weighted by Crippen LogP contribution is 2.16. The molecule has 5 heteroatoms. The second kappa shape index (κ2) is 6.27. The Bertz CT molecular complexity index is 190. The molecule has 0 radical (unpaired) electrons. The minimum Gasteiger partial charge on any atom is -0.396 e. The van der Waals surface area contributed by atoms with E-state index in [0.29, 0.717) is 18.9 Å². The Balaban J connectivity index is 2.15. The van der Waals surface area contributed by atoms with Crippen molar-refractivity contribution in [3.05, 3.63) is 0 Å². The Morgan fingerprint density at radius 3 is 2.93 bits per heavy atom. The second-order valence-corrected chi connectivity index (χ2v) is 4.71. The lowest BCUT2D eigenvalue weighted by Gasteiger charge is -2.15. The summed E-state index contributed by atoms with van der Waals surface area (Å²) in [5.41, 5.74) is 5.52. The molecule has 1 aliphatic heterocycles. The van der Waals surface area contributed by atoms with Crippen LogP contribution in [0.1, 0.15) is 6.42 Å². The molecule has 0 aromatic rings. The third-order valence-electron chi connectivity index (χ3n) is 2.37. The molecule has 1 fully saturated rings. The number of aliphatic hydroxyl groups excluding tert-OH is 1. The van der Waals surface area contributed by atoms with Gasteiger partial charge in [-0.15, -0.1) is 0 Å². The first-order valence-electron chi connectivity index (χ1n) is 4.94. The second-order valence-electron chi connectivity index (χ2n) is 3.48. The molecule has 1 atom stereocenters. The zero-order chi connectivity index (χ0) is 10.4. The Labute approximate surface area is 88.8 Å². The van der Waals surface area contributed by atoms with Crippen LogP contribution in [0.4, 0.5) is 0 Å². The number of carbonyl (C=O) groups excluding carboxylic acids is 1. The van der Waals surface area contributed by atoms with Crippen molar-refractivity contribution in [3.63, 3.8) is 0 Å². The van der Waals surface area contributed by atoms with Gasteiger partial charge in [-0.3, -0.25) is 4.79 Å². The maximum atomic E-state index is 11.4. The highest BCUT2D eigenvalue weighted by Gasteiger charge is 2.27. The van der Waals surface area contributed by atoms with Crippen LogP contribution in [0.3, 0.4) is 0 Å². The molecule has 1 heterocycles. The van der Waals surface area contributed by atoms with E-state index in [4.69, 9.17) is 10.8 Å². The number of nitrogens with zero attached hydrogens (tertiary/aromatic N) is 1. The first-order valence-corrected chi connectivity index (χ1v) is 6.10. The molecule has 0 bridgehead atoms. The number of amides is 1. The monoisotopic (exact) mass is 218 g/mol. The first-order chi connectivity index (χ1) is 6.77. The fraction of sp³-hybridized carbons (Fsp3) is 0.889. The zero-order valence-corrected chi connectivity index (χ0v) is 9.13. The summed E-state index contributed by atoms with van der Waals surface area (Å²) in [6.45, 7) is 2.42. The maximum Gasteiger partial charge on any atom is 0.223 e. The van der Waals surface area contributed by atoms with Crippen LogP contribution in [0, 0.1) is 5.92 Å². The number of nitrogens with two attached hydrogens (primary N) is 1. The van der Waals surface area contributed by atoms with Gasteiger partial charge in [0.05, 0.1) is 6.61 Å². The van der Waals surface area contributed by atoms with Crippen molar-refractivity contribution in [2.45, 2.75) is 6.42 Å². The largest absolute Gasteiger partial charge is 0.396 e. The van der Waals surface area contributed by atoms with Crippen LogP contribution >= 0.6 is 11.8 Å². The lowest BCUT2D eigenvalue weighted by Crippen LogP contribution is -2.28. The van der Waals surface area contributed by atoms with Gasteiger partial charge in [-0.2, -0.15) is 11.8 Å². The van der Waals surface area contributed by atoms with Crippen LogP contribution in [0.15, 0.2) is 0 Å². The quantitative estimate of drug-likeness (QED) is 0.591. The van der Waals surface area contributed by atoms with Crippen molar-refractivity contribution in [3.8, 4) is 0 Å². The molecule has 0 aromatic carbocycles. The van der Waals surface area contributed by atoms with Crippen LogP contribution < -0.4 is 5.73 Å². The van der Waals surface area contributed by atoms with Crippen molar-refractivity contribution in [1.29, 1.82) is 0 Å². The molecule has 1 saturated heterocycles. The molecule has 82 valence electrons. The summed E-state index contributed by atoms with van der Waals surface area (Å²) in [7, 11) is 0. The molecule has 1 rings (SSSR count). The summed E-state index contributed by atoms with van der Waals surface area (Å²) >= 11 is 1.68. The van der Waals surface area contributed by atoms with Gasteiger partial charge >= 0.3 is 0 Å². The lowest BCUT2D eigenvalue weighted by molar-refractivity contribution is -0.127. The van der Waals surface area contributed by atoms with E-state index in [2.05, 4.69) is 0 Å². The number of thioether (sulfide) groups is 1.